The lowest BCUT2D eigenvalue weighted by atomic mass is 9.91. The van der Waals surface area contributed by atoms with E-state index in [4.69, 9.17) is 0 Å². The number of H-pyrrole nitrogens is 1. The zero-order valence-electron chi connectivity index (χ0n) is 11.7. The molecular weight excluding hydrogens is 226 g/mol. The fraction of sp³-hybridized carbons (Fsp3) is 0.643. The van der Waals surface area contributed by atoms with Crippen molar-refractivity contribution in [1.29, 1.82) is 0 Å². The number of carbonyl (C=O) groups excluding carboxylic acids is 1. The van der Waals surface area contributed by atoms with Gasteiger partial charge in [0.1, 0.15) is 0 Å². The number of aromatic amines is 1. The van der Waals surface area contributed by atoms with Crippen LogP contribution in [0.15, 0.2) is 18.5 Å². The third kappa shape index (κ3) is 2.43. The van der Waals surface area contributed by atoms with Crippen LogP contribution in [0, 0.1) is 11.8 Å². The minimum Gasteiger partial charge on any atom is -0.367 e. The molecule has 100 valence electrons. The molecule has 2 rings (SSSR count). The third-order valence-corrected chi connectivity index (χ3v) is 3.98. The van der Waals surface area contributed by atoms with Crippen LogP contribution >= 0.6 is 0 Å². The molecule has 1 aliphatic heterocycles. The lowest BCUT2D eigenvalue weighted by Gasteiger charge is -2.27. The molecule has 0 radical (unpaired) electrons. The van der Waals surface area contributed by atoms with Gasteiger partial charge in [-0.05, 0) is 32.0 Å². The number of likely N-dealkylation sites (tertiary alicyclic amines) is 1. The lowest BCUT2D eigenvalue weighted by molar-refractivity contribution is 0.0780. The van der Waals surface area contributed by atoms with Gasteiger partial charge in [-0.25, -0.2) is 0 Å². The van der Waals surface area contributed by atoms with Crippen LogP contribution in [0.4, 0.5) is 0 Å². The van der Waals surface area contributed by atoms with Crippen LogP contribution in [0.5, 0.6) is 0 Å². The molecule has 0 bridgehead atoms. The van der Waals surface area contributed by atoms with Gasteiger partial charge < -0.3 is 14.8 Å². The van der Waals surface area contributed by atoms with Gasteiger partial charge in [0.2, 0.25) is 0 Å². The Bertz CT molecular complexity index is 381. The van der Waals surface area contributed by atoms with Crippen LogP contribution in [0.25, 0.3) is 0 Å². The van der Waals surface area contributed by atoms with Crippen molar-refractivity contribution in [2.45, 2.75) is 19.9 Å². The third-order valence-electron chi connectivity index (χ3n) is 3.98. The first-order valence-electron chi connectivity index (χ1n) is 6.59. The van der Waals surface area contributed by atoms with Gasteiger partial charge in [0.05, 0.1) is 5.56 Å². The molecule has 0 unspecified atom stereocenters. The number of aromatic nitrogens is 1. The van der Waals surface area contributed by atoms with E-state index in [1.165, 1.54) is 0 Å². The van der Waals surface area contributed by atoms with E-state index in [9.17, 15) is 4.79 Å². The Morgan fingerprint density at radius 3 is 2.61 bits per heavy atom. The summed E-state index contributed by atoms with van der Waals surface area (Å²) in [6, 6.07) is 2.31. The van der Waals surface area contributed by atoms with E-state index in [1.807, 2.05) is 11.0 Å². The SMILES string of the molecule is CC(C)[C@@H]1CN(C(=O)c2cc[nH]c2)C[C@H]1N(C)C. The minimum atomic E-state index is 0.145. The van der Waals surface area contributed by atoms with Crippen molar-refractivity contribution in [2.75, 3.05) is 27.2 Å². The molecule has 1 aromatic heterocycles. The van der Waals surface area contributed by atoms with Gasteiger partial charge in [0.25, 0.3) is 5.91 Å². The zero-order valence-corrected chi connectivity index (χ0v) is 11.7. The van der Waals surface area contributed by atoms with Crippen molar-refractivity contribution in [3.8, 4) is 0 Å². The first-order valence-corrected chi connectivity index (χ1v) is 6.59. The Morgan fingerprint density at radius 1 is 1.44 bits per heavy atom. The predicted octanol–water partition coefficient (Wildman–Crippen LogP) is 1.67. The van der Waals surface area contributed by atoms with Gasteiger partial charge >= 0.3 is 0 Å². The van der Waals surface area contributed by atoms with Crippen LogP contribution < -0.4 is 0 Å². The van der Waals surface area contributed by atoms with Crippen molar-refractivity contribution < 1.29 is 4.79 Å². The Balaban J connectivity index is 2.11. The lowest BCUT2D eigenvalue weighted by Crippen LogP contribution is -2.37. The Kier molecular flexibility index (Phi) is 3.76. The van der Waals surface area contributed by atoms with E-state index in [2.05, 4.69) is 37.8 Å². The number of hydrogen-bond acceptors (Lipinski definition) is 2. The topological polar surface area (TPSA) is 39.3 Å². The molecule has 1 aliphatic rings. The number of rotatable bonds is 3. The van der Waals surface area contributed by atoms with Crippen molar-refractivity contribution in [3.05, 3.63) is 24.0 Å². The Morgan fingerprint density at radius 2 is 2.17 bits per heavy atom. The standard InChI is InChI=1S/C14H23N3O/c1-10(2)12-8-17(9-13(12)16(3)4)14(18)11-5-6-15-7-11/h5-7,10,12-13,15H,8-9H2,1-4H3/t12-,13+/m0/s1. The van der Waals surface area contributed by atoms with Crippen LogP contribution in [0.2, 0.25) is 0 Å². The molecule has 1 aromatic rings. The molecule has 4 heteroatoms. The largest absolute Gasteiger partial charge is 0.367 e. The molecule has 0 saturated carbocycles. The quantitative estimate of drug-likeness (QED) is 0.885. The Labute approximate surface area is 109 Å². The molecule has 0 aliphatic carbocycles. The van der Waals surface area contributed by atoms with Crippen molar-refractivity contribution in [2.24, 2.45) is 11.8 Å². The molecule has 1 saturated heterocycles. The number of likely N-dealkylation sites (N-methyl/N-ethyl adjacent to an activating group) is 1. The smallest absolute Gasteiger partial charge is 0.255 e. The van der Waals surface area contributed by atoms with E-state index in [1.54, 1.807) is 12.4 Å². The van der Waals surface area contributed by atoms with Crippen molar-refractivity contribution >= 4 is 5.91 Å². The van der Waals surface area contributed by atoms with Crippen molar-refractivity contribution in [3.63, 3.8) is 0 Å². The number of hydrogen-bond donors (Lipinski definition) is 1. The summed E-state index contributed by atoms with van der Waals surface area (Å²) in [7, 11) is 4.20. The summed E-state index contributed by atoms with van der Waals surface area (Å²) in [5.41, 5.74) is 0.761. The second kappa shape index (κ2) is 5.14. The summed E-state index contributed by atoms with van der Waals surface area (Å²) in [5, 5.41) is 0. The molecule has 1 fully saturated rings. The molecule has 2 atom stereocenters. The average molecular weight is 249 g/mol. The van der Waals surface area contributed by atoms with Gasteiger partial charge in [-0.3, -0.25) is 4.79 Å². The highest BCUT2D eigenvalue weighted by Gasteiger charge is 2.38. The van der Waals surface area contributed by atoms with Gasteiger partial charge in [-0.15, -0.1) is 0 Å². The van der Waals surface area contributed by atoms with Gasteiger partial charge in [0.15, 0.2) is 0 Å². The van der Waals surface area contributed by atoms with Crippen LogP contribution in [0.3, 0.4) is 0 Å². The maximum Gasteiger partial charge on any atom is 0.255 e. The molecule has 0 aromatic carbocycles. The highest BCUT2D eigenvalue weighted by Crippen LogP contribution is 2.28. The van der Waals surface area contributed by atoms with E-state index in [0.717, 1.165) is 18.7 Å². The first kappa shape index (κ1) is 13.1. The maximum atomic E-state index is 12.3. The monoisotopic (exact) mass is 249 g/mol. The highest BCUT2D eigenvalue weighted by molar-refractivity contribution is 5.94. The first-order chi connectivity index (χ1) is 8.50. The molecule has 2 heterocycles. The van der Waals surface area contributed by atoms with E-state index in [-0.39, 0.29) is 5.91 Å². The van der Waals surface area contributed by atoms with Gasteiger partial charge in [-0.2, -0.15) is 0 Å². The normalized spacial score (nSPS) is 24.2. The number of nitrogens with one attached hydrogen (secondary N) is 1. The van der Waals surface area contributed by atoms with Gasteiger partial charge in [0, 0.05) is 31.5 Å². The van der Waals surface area contributed by atoms with Crippen molar-refractivity contribution in [1.82, 2.24) is 14.8 Å². The highest BCUT2D eigenvalue weighted by atomic mass is 16.2. The number of carbonyl (C=O) groups is 1. The summed E-state index contributed by atoms with van der Waals surface area (Å²) < 4.78 is 0. The second-order valence-electron chi connectivity index (χ2n) is 5.75. The van der Waals surface area contributed by atoms with Crippen LogP contribution in [-0.4, -0.2) is 53.9 Å². The fourth-order valence-corrected chi connectivity index (χ4v) is 2.82. The minimum absolute atomic E-state index is 0.145. The second-order valence-corrected chi connectivity index (χ2v) is 5.75. The van der Waals surface area contributed by atoms with Crippen LogP contribution in [0.1, 0.15) is 24.2 Å². The summed E-state index contributed by atoms with van der Waals surface area (Å²) in [6.45, 7) is 6.18. The fourth-order valence-electron chi connectivity index (χ4n) is 2.82. The number of nitrogens with zero attached hydrogens (tertiary/aromatic N) is 2. The average Bonchev–Trinajstić information content (AvgIpc) is 2.97. The maximum absolute atomic E-state index is 12.3. The summed E-state index contributed by atoms with van der Waals surface area (Å²) in [4.78, 5) is 19.5. The van der Waals surface area contributed by atoms with Crippen LogP contribution in [-0.2, 0) is 0 Å². The molecule has 1 N–H and O–H groups in total. The van der Waals surface area contributed by atoms with E-state index in [0.29, 0.717) is 17.9 Å². The zero-order chi connectivity index (χ0) is 13.3. The summed E-state index contributed by atoms with van der Waals surface area (Å²) >= 11 is 0. The number of amides is 1. The van der Waals surface area contributed by atoms with E-state index >= 15 is 0 Å². The van der Waals surface area contributed by atoms with Gasteiger partial charge in [-0.1, -0.05) is 13.8 Å². The molecule has 0 spiro atoms. The molecule has 18 heavy (non-hydrogen) atoms. The van der Waals surface area contributed by atoms with E-state index < -0.39 is 0 Å². The summed E-state index contributed by atoms with van der Waals surface area (Å²) in [6.07, 6.45) is 3.57. The summed E-state index contributed by atoms with van der Waals surface area (Å²) in [5.74, 6) is 1.30. The Hall–Kier alpha value is -1.29. The molecular formula is C14H23N3O. The predicted molar refractivity (Wildman–Crippen MR) is 72.5 cm³/mol. The molecule has 4 nitrogen and oxygen atoms in total. The molecule has 1 amide bonds.